The predicted molar refractivity (Wildman–Crippen MR) is 77.8 cm³/mol. The van der Waals surface area contributed by atoms with Crippen molar-refractivity contribution < 1.29 is 8.42 Å². The van der Waals surface area contributed by atoms with Crippen LogP contribution in [0.1, 0.15) is 33.1 Å². The molecule has 1 heterocycles. The second kappa shape index (κ2) is 4.59. The zero-order valence-electron chi connectivity index (χ0n) is 12.0. The lowest BCUT2D eigenvalue weighted by molar-refractivity contribution is 0.222. The van der Waals surface area contributed by atoms with Crippen LogP contribution in [0, 0.1) is 17.8 Å². The van der Waals surface area contributed by atoms with Gasteiger partial charge in [-0.05, 0) is 57.4 Å². The molecular formula is C15H25NO2S. The van der Waals surface area contributed by atoms with Gasteiger partial charge in [-0.2, -0.15) is 0 Å². The molecule has 19 heavy (non-hydrogen) atoms. The Kier molecular flexibility index (Phi) is 3.29. The van der Waals surface area contributed by atoms with Crippen LogP contribution in [0.2, 0.25) is 0 Å². The topological polar surface area (TPSA) is 37.4 Å². The molecule has 0 amide bonds. The molecule has 1 aliphatic heterocycles. The van der Waals surface area contributed by atoms with E-state index in [-0.39, 0.29) is 0 Å². The Balaban J connectivity index is 1.63. The van der Waals surface area contributed by atoms with Crippen LogP contribution in [-0.4, -0.2) is 43.5 Å². The molecule has 2 bridgehead atoms. The van der Waals surface area contributed by atoms with E-state index in [0.29, 0.717) is 5.75 Å². The summed E-state index contributed by atoms with van der Waals surface area (Å²) < 4.78 is 23.8. The van der Waals surface area contributed by atoms with Crippen LogP contribution in [0.15, 0.2) is 12.2 Å². The number of allylic oxidation sites excluding steroid dienone is 2. The van der Waals surface area contributed by atoms with Gasteiger partial charge >= 0.3 is 0 Å². The molecule has 108 valence electrons. The Labute approximate surface area is 117 Å². The smallest absolute Gasteiger partial charge is 0.156 e. The van der Waals surface area contributed by atoms with Crippen molar-refractivity contribution in [1.82, 2.24) is 4.90 Å². The van der Waals surface area contributed by atoms with Gasteiger partial charge in [0.15, 0.2) is 9.84 Å². The third kappa shape index (κ3) is 2.49. The highest BCUT2D eigenvalue weighted by molar-refractivity contribution is 7.92. The third-order valence-corrected chi connectivity index (χ3v) is 8.07. The maximum Gasteiger partial charge on any atom is 0.156 e. The summed E-state index contributed by atoms with van der Waals surface area (Å²) in [4.78, 5) is 2.39. The van der Waals surface area contributed by atoms with E-state index in [0.717, 1.165) is 43.8 Å². The van der Waals surface area contributed by atoms with E-state index in [1.54, 1.807) is 0 Å². The average Bonchev–Trinajstić information content (AvgIpc) is 2.91. The fourth-order valence-corrected chi connectivity index (χ4v) is 5.29. The van der Waals surface area contributed by atoms with Crippen molar-refractivity contribution in [3.05, 3.63) is 12.2 Å². The van der Waals surface area contributed by atoms with Crippen molar-refractivity contribution in [3.63, 3.8) is 0 Å². The summed E-state index contributed by atoms with van der Waals surface area (Å²) in [5, 5.41) is 0. The molecule has 0 aromatic rings. The molecule has 3 aliphatic rings. The van der Waals surface area contributed by atoms with E-state index in [1.165, 1.54) is 12.8 Å². The lowest BCUT2D eigenvalue weighted by Crippen LogP contribution is -2.33. The standard InChI is InChI=1S/C15H25NO2S/c1-15(2)5-6-16(7-8-19(15,17)18)11-14-10-12-3-4-13(14)9-12/h3-4,12-14H,5-11H2,1-2H3. The average molecular weight is 283 g/mol. The summed E-state index contributed by atoms with van der Waals surface area (Å²) in [6, 6.07) is 0. The van der Waals surface area contributed by atoms with Crippen LogP contribution >= 0.6 is 0 Å². The van der Waals surface area contributed by atoms with Gasteiger partial charge in [-0.3, -0.25) is 0 Å². The van der Waals surface area contributed by atoms with Gasteiger partial charge in [-0.1, -0.05) is 12.2 Å². The first-order chi connectivity index (χ1) is 8.87. The first kappa shape index (κ1) is 13.6. The molecule has 0 radical (unpaired) electrons. The van der Waals surface area contributed by atoms with Gasteiger partial charge < -0.3 is 4.90 Å². The molecule has 3 rings (SSSR count). The number of nitrogens with zero attached hydrogens (tertiary/aromatic N) is 1. The second-order valence-electron chi connectivity index (χ2n) is 7.17. The summed E-state index contributed by atoms with van der Waals surface area (Å²) in [5.74, 6) is 2.66. The number of fused-ring (bicyclic) bond motifs is 2. The monoisotopic (exact) mass is 283 g/mol. The van der Waals surface area contributed by atoms with Crippen LogP contribution in [0.3, 0.4) is 0 Å². The predicted octanol–water partition coefficient (Wildman–Crippen LogP) is 2.10. The molecule has 2 aliphatic carbocycles. The normalized spacial score (nSPS) is 40.4. The second-order valence-corrected chi connectivity index (χ2v) is 9.91. The molecule has 0 aromatic carbocycles. The summed E-state index contributed by atoms with van der Waals surface area (Å²) >= 11 is 0. The largest absolute Gasteiger partial charge is 0.302 e. The van der Waals surface area contributed by atoms with E-state index < -0.39 is 14.6 Å². The third-order valence-electron chi connectivity index (χ3n) is 5.46. The summed E-state index contributed by atoms with van der Waals surface area (Å²) in [6.45, 7) is 6.52. The highest BCUT2D eigenvalue weighted by Gasteiger charge is 2.40. The minimum absolute atomic E-state index is 0.330. The van der Waals surface area contributed by atoms with Gasteiger partial charge in [0.25, 0.3) is 0 Å². The minimum atomic E-state index is -2.93. The lowest BCUT2D eigenvalue weighted by atomic mass is 9.93. The molecule has 0 aromatic heterocycles. The fraction of sp³-hybridized carbons (Fsp3) is 0.867. The Morgan fingerprint density at radius 2 is 2.00 bits per heavy atom. The van der Waals surface area contributed by atoms with Gasteiger partial charge in [0, 0.05) is 13.1 Å². The van der Waals surface area contributed by atoms with E-state index in [4.69, 9.17) is 0 Å². The zero-order valence-corrected chi connectivity index (χ0v) is 12.8. The minimum Gasteiger partial charge on any atom is -0.302 e. The Morgan fingerprint density at radius 3 is 2.63 bits per heavy atom. The molecule has 0 spiro atoms. The van der Waals surface area contributed by atoms with E-state index in [2.05, 4.69) is 17.1 Å². The fourth-order valence-electron chi connectivity index (χ4n) is 3.84. The van der Waals surface area contributed by atoms with Crippen LogP contribution in [0.5, 0.6) is 0 Å². The lowest BCUT2D eigenvalue weighted by Gasteiger charge is -2.27. The molecule has 2 fully saturated rings. The van der Waals surface area contributed by atoms with Crippen molar-refractivity contribution in [2.45, 2.75) is 37.9 Å². The van der Waals surface area contributed by atoms with Gasteiger partial charge in [-0.15, -0.1) is 0 Å². The molecule has 1 saturated heterocycles. The van der Waals surface area contributed by atoms with Crippen molar-refractivity contribution in [1.29, 1.82) is 0 Å². The summed E-state index contributed by atoms with van der Waals surface area (Å²) in [7, 11) is -2.93. The Hall–Kier alpha value is -0.350. The number of hydrogen-bond acceptors (Lipinski definition) is 3. The Bertz CT molecular complexity index is 480. The van der Waals surface area contributed by atoms with Gasteiger partial charge in [-0.25, -0.2) is 8.42 Å². The zero-order chi connectivity index (χ0) is 13.7. The molecule has 4 heteroatoms. The van der Waals surface area contributed by atoms with E-state index in [1.807, 2.05) is 13.8 Å². The molecular weight excluding hydrogens is 258 g/mol. The first-order valence-corrected chi connectivity index (χ1v) is 9.16. The van der Waals surface area contributed by atoms with Crippen LogP contribution in [-0.2, 0) is 9.84 Å². The van der Waals surface area contributed by atoms with Gasteiger partial charge in [0.05, 0.1) is 10.5 Å². The molecule has 0 N–H and O–H groups in total. The Morgan fingerprint density at radius 1 is 1.21 bits per heavy atom. The summed E-state index contributed by atoms with van der Waals surface area (Å²) in [5.41, 5.74) is 0. The van der Waals surface area contributed by atoms with Crippen molar-refractivity contribution in [2.75, 3.05) is 25.4 Å². The van der Waals surface area contributed by atoms with E-state index >= 15 is 0 Å². The maximum atomic E-state index is 12.2. The van der Waals surface area contributed by atoms with Crippen LogP contribution in [0.4, 0.5) is 0 Å². The maximum absolute atomic E-state index is 12.2. The van der Waals surface area contributed by atoms with Crippen molar-refractivity contribution >= 4 is 9.84 Å². The highest BCUT2D eigenvalue weighted by Crippen LogP contribution is 2.43. The first-order valence-electron chi connectivity index (χ1n) is 7.50. The number of rotatable bonds is 2. The molecule has 3 nitrogen and oxygen atoms in total. The van der Waals surface area contributed by atoms with Gasteiger partial charge in [0.2, 0.25) is 0 Å². The van der Waals surface area contributed by atoms with Crippen molar-refractivity contribution in [3.8, 4) is 0 Å². The van der Waals surface area contributed by atoms with Crippen LogP contribution in [0.25, 0.3) is 0 Å². The SMILES string of the molecule is CC1(C)CCN(CC2CC3C=CC2C3)CCS1(=O)=O. The highest BCUT2D eigenvalue weighted by atomic mass is 32.2. The number of hydrogen-bond donors (Lipinski definition) is 0. The summed E-state index contributed by atoms with van der Waals surface area (Å²) in [6.07, 6.45) is 8.18. The van der Waals surface area contributed by atoms with Crippen LogP contribution < -0.4 is 0 Å². The van der Waals surface area contributed by atoms with E-state index in [9.17, 15) is 8.42 Å². The molecule has 3 atom stereocenters. The molecule has 3 unspecified atom stereocenters. The van der Waals surface area contributed by atoms with Gasteiger partial charge in [0.1, 0.15) is 0 Å². The molecule has 1 saturated carbocycles. The quantitative estimate of drug-likeness (QED) is 0.728. The van der Waals surface area contributed by atoms with Crippen molar-refractivity contribution in [2.24, 2.45) is 17.8 Å². The number of sulfone groups is 1.